The van der Waals surface area contributed by atoms with E-state index in [2.05, 4.69) is 53.1 Å². The second kappa shape index (κ2) is 7.80. The van der Waals surface area contributed by atoms with Crippen molar-refractivity contribution in [1.29, 1.82) is 5.26 Å². The van der Waals surface area contributed by atoms with Crippen LogP contribution in [0.2, 0.25) is 0 Å². The highest BCUT2D eigenvalue weighted by molar-refractivity contribution is 5.87. The molecule has 1 aromatic carbocycles. The predicted molar refractivity (Wildman–Crippen MR) is 116 cm³/mol. The van der Waals surface area contributed by atoms with E-state index >= 15 is 0 Å². The summed E-state index contributed by atoms with van der Waals surface area (Å²) in [6, 6.07) is 8.70. The molecule has 2 nitrogen and oxygen atoms in total. The summed E-state index contributed by atoms with van der Waals surface area (Å²) in [5.74, 6) is 0.668. The van der Waals surface area contributed by atoms with Gasteiger partial charge in [-0.1, -0.05) is 59.3 Å². The predicted octanol–water partition coefficient (Wildman–Crippen LogP) is 7.04. The van der Waals surface area contributed by atoms with Crippen LogP contribution in [0, 0.1) is 22.7 Å². The Bertz CT molecular complexity index is 761. The molecule has 27 heavy (non-hydrogen) atoms. The van der Waals surface area contributed by atoms with E-state index in [-0.39, 0.29) is 0 Å². The molecule has 0 amide bonds. The molecule has 3 rings (SSSR count). The number of benzene rings is 1. The molecular weight excluding hydrogens is 328 g/mol. The highest BCUT2D eigenvalue weighted by Gasteiger charge is 2.48. The Morgan fingerprint density at radius 3 is 2.52 bits per heavy atom. The van der Waals surface area contributed by atoms with Gasteiger partial charge in [0.1, 0.15) is 11.4 Å². The van der Waals surface area contributed by atoms with Crippen molar-refractivity contribution in [2.45, 2.75) is 78.6 Å². The molecule has 2 heteroatoms. The third-order valence-electron chi connectivity index (χ3n) is 6.76. The number of fused-ring (bicyclic) bond motifs is 2. The normalized spacial score (nSPS) is 22.3. The number of quaternary nitrogens is 1. The Kier molecular flexibility index (Phi) is 5.82. The molecule has 1 aliphatic heterocycles. The van der Waals surface area contributed by atoms with E-state index in [1.165, 1.54) is 69.0 Å². The van der Waals surface area contributed by atoms with Crippen molar-refractivity contribution in [3.8, 4) is 6.07 Å². The van der Waals surface area contributed by atoms with Gasteiger partial charge in [0.05, 0.1) is 25.7 Å². The summed E-state index contributed by atoms with van der Waals surface area (Å²) in [5.41, 5.74) is 7.10. The Labute approximate surface area is 166 Å². The van der Waals surface area contributed by atoms with Gasteiger partial charge in [-0.15, -0.1) is 0 Å². The quantitative estimate of drug-likeness (QED) is 0.375. The first kappa shape index (κ1) is 20.2. The monoisotopic (exact) mass is 365 g/mol. The molecule has 2 aliphatic rings. The minimum Gasteiger partial charge on any atom is -0.266 e. The Hall–Kier alpha value is -1.59. The van der Waals surface area contributed by atoms with Crippen LogP contribution in [0.25, 0.3) is 5.57 Å². The van der Waals surface area contributed by atoms with Crippen LogP contribution in [0.4, 0.5) is 5.69 Å². The molecule has 0 saturated carbocycles. The molecule has 0 aromatic heterocycles. The third kappa shape index (κ3) is 3.99. The van der Waals surface area contributed by atoms with E-state index in [1.807, 2.05) is 6.07 Å². The van der Waals surface area contributed by atoms with E-state index in [0.29, 0.717) is 11.3 Å². The van der Waals surface area contributed by atoms with Gasteiger partial charge in [0.25, 0.3) is 0 Å². The standard InChI is InChI=1S/C25H37N2/c1-6-7-8-9-10-11-12-20-16-25(2,3)17-23-24(20)21-14-13-19(18-26)15-22(21)27(23,4)5/h13-15,20H,6-12,16-17H2,1-5H3/q+1. The largest absolute Gasteiger partial charge is 0.266 e. The van der Waals surface area contributed by atoms with E-state index in [0.717, 1.165) is 10.0 Å². The summed E-state index contributed by atoms with van der Waals surface area (Å²) in [7, 11) is 4.62. The first-order valence-corrected chi connectivity index (χ1v) is 10.9. The maximum atomic E-state index is 9.37. The topological polar surface area (TPSA) is 23.8 Å². The van der Waals surface area contributed by atoms with Gasteiger partial charge in [-0.3, -0.25) is 4.48 Å². The Morgan fingerprint density at radius 2 is 1.81 bits per heavy atom. The highest BCUT2D eigenvalue weighted by Crippen LogP contribution is 2.56. The molecule has 1 unspecified atom stereocenters. The van der Waals surface area contributed by atoms with Gasteiger partial charge in [-0.2, -0.15) is 5.26 Å². The number of hydrogen-bond donors (Lipinski definition) is 0. The number of nitriles is 1. The zero-order chi connectivity index (χ0) is 19.7. The zero-order valence-electron chi connectivity index (χ0n) is 18.1. The average molecular weight is 366 g/mol. The lowest BCUT2D eigenvalue weighted by Crippen LogP contribution is -2.41. The molecule has 0 radical (unpaired) electrons. The zero-order valence-corrected chi connectivity index (χ0v) is 18.1. The number of rotatable bonds is 7. The minimum absolute atomic E-state index is 0.362. The molecule has 1 atom stereocenters. The van der Waals surface area contributed by atoms with Crippen molar-refractivity contribution in [3.05, 3.63) is 35.0 Å². The van der Waals surface area contributed by atoms with E-state index in [1.54, 1.807) is 11.3 Å². The van der Waals surface area contributed by atoms with Crippen molar-refractivity contribution in [2.75, 3.05) is 14.1 Å². The van der Waals surface area contributed by atoms with Gasteiger partial charge < -0.3 is 0 Å². The number of allylic oxidation sites excluding steroid dienone is 2. The van der Waals surface area contributed by atoms with Crippen LogP contribution < -0.4 is 4.48 Å². The van der Waals surface area contributed by atoms with Gasteiger partial charge in [-0.25, -0.2) is 0 Å². The minimum atomic E-state index is 0.362. The second-order valence-corrected chi connectivity index (χ2v) is 9.96. The molecular formula is C25H37N2+. The van der Waals surface area contributed by atoms with Gasteiger partial charge in [0.2, 0.25) is 0 Å². The second-order valence-electron chi connectivity index (χ2n) is 9.96. The lowest BCUT2D eigenvalue weighted by molar-refractivity contribution is 0.246. The molecule has 0 saturated heterocycles. The molecule has 0 bridgehead atoms. The summed E-state index contributed by atoms with van der Waals surface area (Å²) in [4.78, 5) is 0. The molecule has 1 aromatic rings. The summed E-state index contributed by atoms with van der Waals surface area (Å²) >= 11 is 0. The molecule has 146 valence electrons. The summed E-state index contributed by atoms with van der Waals surface area (Å²) in [6.45, 7) is 7.16. The van der Waals surface area contributed by atoms with E-state index in [4.69, 9.17) is 0 Å². The molecule has 0 N–H and O–H groups in total. The van der Waals surface area contributed by atoms with Crippen LogP contribution in [-0.4, -0.2) is 14.1 Å². The van der Waals surface area contributed by atoms with Crippen LogP contribution in [-0.2, 0) is 0 Å². The maximum absolute atomic E-state index is 9.37. The fourth-order valence-electron chi connectivity index (χ4n) is 5.35. The summed E-state index contributed by atoms with van der Waals surface area (Å²) in [5, 5.41) is 9.37. The van der Waals surface area contributed by atoms with E-state index in [9.17, 15) is 5.26 Å². The lowest BCUT2D eigenvalue weighted by atomic mass is 9.68. The smallest absolute Gasteiger partial charge is 0.146 e. The van der Waals surface area contributed by atoms with Gasteiger partial charge in [0.15, 0.2) is 0 Å². The van der Waals surface area contributed by atoms with Crippen LogP contribution in [0.1, 0.15) is 89.7 Å². The Balaban J connectivity index is 1.85. The fraction of sp³-hybridized carbons (Fsp3) is 0.640. The van der Waals surface area contributed by atoms with Gasteiger partial charge in [0, 0.05) is 23.6 Å². The molecule has 1 heterocycles. The number of hydrogen-bond acceptors (Lipinski definition) is 1. The van der Waals surface area contributed by atoms with Crippen molar-refractivity contribution < 1.29 is 0 Å². The van der Waals surface area contributed by atoms with Crippen molar-refractivity contribution in [1.82, 2.24) is 4.48 Å². The average Bonchev–Trinajstić information content (AvgIpc) is 2.84. The lowest BCUT2D eigenvalue weighted by Gasteiger charge is -2.39. The SMILES string of the molecule is CCCCCCCCC1CC(C)(C)CC2=C1c1ccc(C#N)cc1[N+]2(C)C. The van der Waals surface area contributed by atoms with Gasteiger partial charge >= 0.3 is 0 Å². The first-order valence-electron chi connectivity index (χ1n) is 10.9. The van der Waals surface area contributed by atoms with Crippen molar-refractivity contribution in [2.24, 2.45) is 11.3 Å². The van der Waals surface area contributed by atoms with Crippen molar-refractivity contribution >= 4 is 11.3 Å². The first-order chi connectivity index (χ1) is 12.8. The van der Waals surface area contributed by atoms with E-state index < -0.39 is 0 Å². The maximum Gasteiger partial charge on any atom is 0.146 e. The summed E-state index contributed by atoms with van der Waals surface area (Å²) < 4.78 is 0.830. The third-order valence-corrected chi connectivity index (χ3v) is 6.76. The van der Waals surface area contributed by atoms with Gasteiger partial charge in [-0.05, 0) is 36.3 Å². The molecule has 1 aliphatic carbocycles. The molecule has 0 spiro atoms. The van der Waals surface area contributed by atoms with Crippen molar-refractivity contribution in [3.63, 3.8) is 0 Å². The highest BCUT2D eigenvalue weighted by atomic mass is 15.3. The molecule has 0 fully saturated rings. The van der Waals surface area contributed by atoms with Crippen LogP contribution in [0.3, 0.4) is 0 Å². The van der Waals surface area contributed by atoms with Crippen LogP contribution in [0.15, 0.2) is 23.9 Å². The number of unbranched alkanes of at least 4 members (excludes halogenated alkanes) is 5. The fourth-order valence-corrected chi connectivity index (χ4v) is 5.35. The summed E-state index contributed by atoms with van der Waals surface area (Å²) in [6.07, 6.45) is 12.0. The van der Waals surface area contributed by atoms with Crippen LogP contribution in [0.5, 0.6) is 0 Å². The van der Waals surface area contributed by atoms with Crippen LogP contribution >= 0.6 is 0 Å². The Morgan fingerprint density at radius 1 is 1.11 bits per heavy atom. The number of nitrogens with zero attached hydrogens (tertiary/aromatic N) is 2.